The van der Waals surface area contributed by atoms with Gasteiger partial charge in [-0.25, -0.2) is 0 Å². The van der Waals surface area contributed by atoms with Crippen molar-refractivity contribution in [2.24, 2.45) is 0 Å². The number of carboxylic acid groups (broad SMARTS) is 1. The first kappa shape index (κ1) is 10.4. The van der Waals surface area contributed by atoms with Crippen molar-refractivity contribution in [1.29, 1.82) is 0 Å². The highest BCUT2D eigenvalue weighted by atomic mass is 32.1. The average molecular weight is 238 g/mol. The molecule has 0 amide bonds. The Labute approximate surface area is 95.8 Å². The zero-order valence-electron chi connectivity index (χ0n) is 8.14. The Bertz CT molecular complexity index is 409. The number of carbonyl (C=O) groups is 1. The molecule has 2 rings (SSSR count). The Kier molecular flexibility index (Phi) is 2.63. The van der Waals surface area contributed by atoms with Gasteiger partial charge in [0.2, 0.25) is 0 Å². The Morgan fingerprint density at radius 1 is 1.20 bits per heavy atom. The van der Waals surface area contributed by atoms with Crippen LogP contribution in [0.25, 0.3) is 0 Å². The van der Waals surface area contributed by atoms with Crippen LogP contribution >= 0.6 is 22.7 Å². The maximum absolute atomic E-state index is 11.4. The third kappa shape index (κ3) is 1.60. The fourth-order valence-corrected chi connectivity index (χ4v) is 3.31. The fourth-order valence-electron chi connectivity index (χ4n) is 1.46. The summed E-state index contributed by atoms with van der Waals surface area (Å²) in [5.74, 6) is -0.799. The van der Waals surface area contributed by atoms with E-state index in [1.165, 1.54) is 22.7 Å². The van der Waals surface area contributed by atoms with Crippen molar-refractivity contribution in [2.45, 2.75) is 12.3 Å². The lowest BCUT2D eigenvalue weighted by molar-refractivity contribution is -0.141. The molecule has 2 aromatic heterocycles. The van der Waals surface area contributed by atoms with Gasteiger partial charge in [0.1, 0.15) is 5.41 Å². The molecule has 0 atom stereocenters. The molecule has 0 unspecified atom stereocenters. The van der Waals surface area contributed by atoms with E-state index < -0.39 is 11.4 Å². The third-order valence-electron chi connectivity index (χ3n) is 2.46. The van der Waals surface area contributed by atoms with E-state index in [0.29, 0.717) is 0 Å². The monoisotopic (exact) mass is 238 g/mol. The number of hydrogen-bond acceptors (Lipinski definition) is 3. The molecule has 0 bridgehead atoms. The Balaban J connectivity index is 2.56. The SMILES string of the molecule is CC(C(=O)O)(c1cccs1)c1cccs1. The highest BCUT2D eigenvalue weighted by Gasteiger charge is 2.39. The van der Waals surface area contributed by atoms with Gasteiger partial charge >= 0.3 is 5.97 Å². The first-order valence-corrected chi connectivity index (χ1v) is 6.23. The molecule has 2 nitrogen and oxygen atoms in total. The summed E-state index contributed by atoms with van der Waals surface area (Å²) in [7, 11) is 0. The molecule has 2 heterocycles. The van der Waals surface area contributed by atoms with Crippen LogP contribution in [0.1, 0.15) is 16.7 Å². The van der Waals surface area contributed by atoms with Crippen molar-refractivity contribution < 1.29 is 9.90 Å². The van der Waals surface area contributed by atoms with Crippen LogP contribution in [0.5, 0.6) is 0 Å². The van der Waals surface area contributed by atoms with E-state index in [2.05, 4.69) is 0 Å². The first-order valence-electron chi connectivity index (χ1n) is 4.47. The predicted octanol–water partition coefficient (Wildman–Crippen LogP) is 3.20. The molecule has 0 saturated carbocycles. The van der Waals surface area contributed by atoms with E-state index in [9.17, 15) is 9.90 Å². The van der Waals surface area contributed by atoms with Gasteiger partial charge in [-0.05, 0) is 29.8 Å². The van der Waals surface area contributed by atoms with E-state index in [1.54, 1.807) is 6.92 Å². The number of aliphatic carboxylic acids is 1. The molecule has 0 aliphatic carbocycles. The van der Waals surface area contributed by atoms with Crippen molar-refractivity contribution in [3.63, 3.8) is 0 Å². The summed E-state index contributed by atoms with van der Waals surface area (Å²) in [6, 6.07) is 7.51. The van der Waals surface area contributed by atoms with Crippen molar-refractivity contribution in [2.75, 3.05) is 0 Å². The molecule has 0 radical (unpaired) electrons. The van der Waals surface area contributed by atoms with E-state index >= 15 is 0 Å². The topological polar surface area (TPSA) is 37.3 Å². The second-order valence-electron chi connectivity index (χ2n) is 3.38. The van der Waals surface area contributed by atoms with Crippen LogP contribution in [0.4, 0.5) is 0 Å². The lowest BCUT2D eigenvalue weighted by Crippen LogP contribution is -2.31. The maximum atomic E-state index is 11.4. The Morgan fingerprint density at radius 2 is 1.67 bits per heavy atom. The molecule has 0 spiro atoms. The van der Waals surface area contributed by atoms with Gasteiger partial charge in [-0.1, -0.05) is 12.1 Å². The van der Waals surface area contributed by atoms with Crippen molar-refractivity contribution in [1.82, 2.24) is 0 Å². The summed E-state index contributed by atoms with van der Waals surface area (Å²) in [4.78, 5) is 13.2. The van der Waals surface area contributed by atoms with Crippen molar-refractivity contribution >= 4 is 28.6 Å². The van der Waals surface area contributed by atoms with E-state index in [-0.39, 0.29) is 0 Å². The first-order chi connectivity index (χ1) is 7.15. The zero-order chi connectivity index (χ0) is 10.9. The Hall–Kier alpha value is -1.13. The molecule has 78 valence electrons. The van der Waals surface area contributed by atoms with Gasteiger partial charge in [-0.3, -0.25) is 4.79 Å². The number of thiophene rings is 2. The lowest BCUT2D eigenvalue weighted by atomic mass is 9.87. The fraction of sp³-hybridized carbons (Fsp3) is 0.182. The summed E-state index contributed by atoms with van der Waals surface area (Å²) in [5.41, 5.74) is -0.900. The predicted molar refractivity (Wildman–Crippen MR) is 62.7 cm³/mol. The van der Waals surface area contributed by atoms with Crippen LogP contribution in [0.3, 0.4) is 0 Å². The minimum Gasteiger partial charge on any atom is -0.480 e. The molecular formula is C11H10O2S2. The van der Waals surface area contributed by atoms with E-state index in [0.717, 1.165) is 9.75 Å². The van der Waals surface area contributed by atoms with Crippen LogP contribution in [-0.2, 0) is 10.2 Å². The normalized spacial score (nSPS) is 11.5. The molecule has 0 fully saturated rings. The summed E-state index contributed by atoms with van der Waals surface area (Å²) >= 11 is 2.96. The van der Waals surface area contributed by atoms with Crippen LogP contribution in [0.15, 0.2) is 35.0 Å². The molecule has 0 aromatic carbocycles. The van der Waals surface area contributed by atoms with Crippen LogP contribution < -0.4 is 0 Å². The highest BCUT2D eigenvalue weighted by molar-refractivity contribution is 7.12. The van der Waals surface area contributed by atoms with Gasteiger partial charge in [0.15, 0.2) is 0 Å². The molecule has 15 heavy (non-hydrogen) atoms. The van der Waals surface area contributed by atoms with Gasteiger partial charge in [-0.15, -0.1) is 22.7 Å². The molecule has 0 saturated heterocycles. The van der Waals surface area contributed by atoms with Gasteiger partial charge in [0.05, 0.1) is 0 Å². The van der Waals surface area contributed by atoms with E-state index in [1.807, 2.05) is 35.0 Å². The maximum Gasteiger partial charge on any atom is 0.320 e. The van der Waals surface area contributed by atoms with Gasteiger partial charge in [0, 0.05) is 9.75 Å². The van der Waals surface area contributed by atoms with Crippen LogP contribution in [0.2, 0.25) is 0 Å². The van der Waals surface area contributed by atoms with E-state index in [4.69, 9.17) is 0 Å². The summed E-state index contributed by atoms with van der Waals surface area (Å²) in [6.45, 7) is 1.76. The summed E-state index contributed by atoms with van der Waals surface area (Å²) in [6.07, 6.45) is 0. The third-order valence-corrected chi connectivity index (χ3v) is 4.64. The molecule has 0 aliphatic heterocycles. The number of rotatable bonds is 3. The number of carboxylic acids is 1. The summed E-state index contributed by atoms with van der Waals surface area (Å²) in [5, 5.41) is 13.2. The van der Waals surface area contributed by atoms with Gasteiger partial charge < -0.3 is 5.11 Å². The highest BCUT2D eigenvalue weighted by Crippen LogP contribution is 2.37. The minimum atomic E-state index is -0.900. The minimum absolute atomic E-state index is 0.799. The van der Waals surface area contributed by atoms with Crippen molar-refractivity contribution in [3.8, 4) is 0 Å². The van der Waals surface area contributed by atoms with Gasteiger partial charge in [-0.2, -0.15) is 0 Å². The molecular weight excluding hydrogens is 228 g/mol. The number of hydrogen-bond donors (Lipinski definition) is 1. The lowest BCUT2D eigenvalue weighted by Gasteiger charge is -2.21. The van der Waals surface area contributed by atoms with Crippen molar-refractivity contribution in [3.05, 3.63) is 44.8 Å². The Morgan fingerprint density at radius 3 is 1.93 bits per heavy atom. The largest absolute Gasteiger partial charge is 0.480 e. The van der Waals surface area contributed by atoms with Crippen LogP contribution in [-0.4, -0.2) is 11.1 Å². The van der Waals surface area contributed by atoms with Gasteiger partial charge in [0.25, 0.3) is 0 Å². The zero-order valence-corrected chi connectivity index (χ0v) is 9.77. The molecule has 2 aromatic rings. The molecule has 4 heteroatoms. The summed E-state index contributed by atoms with van der Waals surface area (Å²) < 4.78 is 0. The quantitative estimate of drug-likeness (QED) is 0.891. The second-order valence-corrected chi connectivity index (χ2v) is 5.28. The second kappa shape index (κ2) is 3.79. The molecule has 1 N–H and O–H groups in total. The standard InChI is InChI=1S/C11H10O2S2/c1-11(10(12)13,8-4-2-6-14-8)9-5-3-7-15-9/h2-7H,1H3,(H,12,13). The average Bonchev–Trinajstić information content (AvgIpc) is 2.89. The van der Waals surface area contributed by atoms with Crippen LogP contribution in [0, 0.1) is 0 Å². The smallest absolute Gasteiger partial charge is 0.320 e. The molecule has 0 aliphatic rings.